The number of nitro groups is 1. The first kappa shape index (κ1) is 20.6. The summed E-state index contributed by atoms with van der Waals surface area (Å²) < 4.78 is 9.00. The maximum absolute atomic E-state index is 13.8. The predicted octanol–water partition coefficient (Wildman–Crippen LogP) is 4.74. The smallest absolute Gasteiger partial charge is 0.269 e. The van der Waals surface area contributed by atoms with Crippen LogP contribution < -0.4 is 5.56 Å². The van der Waals surface area contributed by atoms with Crippen molar-refractivity contribution in [3.8, 4) is 17.1 Å². The summed E-state index contributed by atoms with van der Waals surface area (Å²) >= 11 is 0. The Kier molecular flexibility index (Phi) is 4.45. The van der Waals surface area contributed by atoms with E-state index in [1.54, 1.807) is 22.8 Å². The molecule has 3 aromatic heterocycles. The molecule has 0 spiro atoms. The van der Waals surface area contributed by atoms with Crippen molar-refractivity contribution in [1.29, 1.82) is 0 Å². The molecule has 0 saturated heterocycles. The molecule has 0 aliphatic heterocycles. The molecular weight excluding hydrogens is 422 g/mol. The number of rotatable bonds is 3. The van der Waals surface area contributed by atoms with E-state index < -0.39 is 4.92 Å². The molecular formula is C24H21N5O4. The van der Waals surface area contributed by atoms with Gasteiger partial charge in [0.25, 0.3) is 11.2 Å². The summed E-state index contributed by atoms with van der Waals surface area (Å²) in [4.78, 5) is 29.0. The quantitative estimate of drug-likeness (QED) is 0.294. The fourth-order valence-corrected chi connectivity index (χ4v) is 3.98. The Morgan fingerprint density at radius 2 is 1.73 bits per heavy atom. The van der Waals surface area contributed by atoms with Gasteiger partial charge in [-0.3, -0.25) is 19.5 Å². The third-order valence-electron chi connectivity index (χ3n) is 5.69. The van der Waals surface area contributed by atoms with Crippen LogP contribution >= 0.6 is 0 Å². The van der Waals surface area contributed by atoms with E-state index in [0.717, 1.165) is 16.4 Å². The molecule has 166 valence electrons. The number of aryl methyl sites for hydroxylation is 1. The van der Waals surface area contributed by atoms with E-state index in [2.05, 4.69) is 10.1 Å². The molecule has 5 aromatic rings. The van der Waals surface area contributed by atoms with Crippen molar-refractivity contribution in [2.24, 2.45) is 7.05 Å². The second-order valence-electron chi connectivity index (χ2n) is 8.96. The van der Waals surface area contributed by atoms with Gasteiger partial charge in [0.15, 0.2) is 0 Å². The highest BCUT2D eigenvalue weighted by Gasteiger charge is 2.25. The fourth-order valence-electron chi connectivity index (χ4n) is 3.98. The molecule has 3 heterocycles. The molecule has 33 heavy (non-hydrogen) atoms. The second-order valence-corrected chi connectivity index (χ2v) is 8.96. The Morgan fingerprint density at radius 1 is 1.03 bits per heavy atom. The predicted molar refractivity (Wildman–Crippen MR) is 125 cm³/mol. The number of fused-ring (bicyclic) bond motifs is 3. The van der Waals surface area contributed by atoms with Gasteiger partial charge >= 0.3 is 0 Å². The molecule has 5 rings (SSSR count). The average molecular weight is 443 g/mol. The third-order valence-corrected chi connectivity index (χ3v) is 5.69. The maximum atomic E-state index is 13.8. The zero-order valence-electron chi connectivity index (χ0n) is 18.6. The number of hydrogen-bond donors (Lipinski definition) is 0. The Morgan fingerprint density at radius 3 is 2.36 bits per heavy atom. The Balaban J connectivity index is 1.88. The van der Waals surface area contributed by atoms with Crippen LogP contribution in [0.3, 0.4) is 0 Å². The van der Waals surface area contributed by atoms with Gasteiger partial charge in [-0.25, -0.2) is 0 Å². The zero-order chi connectivity index (χ0) is 23.5. The Bertz CT molecular complexity index is 1600. The van der Waals surface area contributed by atoms with E-state index in [1.165, 1.54) is 12.1 Å². The minimum atomic E-state index is -0.468. The molecule has 0 bridgehead atoms. The van der Waals surface area contributed by atoms with E-state index in [1.807, 2.05) is 56.7 Å². The summed E-state index contributed by atoms with van der Waals surface area (Å²) in [6, 6.07) is 15.5. The average Bonchev–Trinajstić information content (AvgIpc) is 3.38. The van der Waals surface area contributed by atoms with Crippen LogP contribution in [-0.2, 0) is 12.5 Å². The van der Waals surface area contributed by atoms with Crippen LogP contribution in [0.1, 0.15) is 26.7 Å². The van der Waals surface area contributed by atoms with Crippen LogP contribution in [0.25, 0.3) is 39.0 Å². The van der Waals surface area contributed by atoms with E-state index in [9.17, 15) is 14.9 Å². The molecule has 0 aliphatic carbocycles. The first-order chi connectivity index (χ1) is 15.7. The largest absolute Gasteiger partial charge is 0.342 e. The molecule has 2 aromatic carbocycles. The number of hydrogen-bond acceptors (Lipinski definition) is 6. The molecule has 0 amide bonds. The van der Waals surface area contributed by atoms with Crippen molar-refractivity contribution >= 4 is 27.6 Å². The molecule has 0 unspecified atom stereocenters. The summed E-state index contributed by atoms with van der Waals surface area (Å²) in [6.07, 6.45) is 0. The normalized spacial score (nSPS) is 12.0. The SMILES string of the molecule is Cn1c2ccccc2c2c1cc(-c1noc(C(C)(C)C)n1)c(=O)n2-c1ccc([N+](=O)[O-])cc1. The summed E-state index contributed by atoms with van der Waals surface area (Å²) in [5.41, 5.74) is 2.48. The van der Waals surface area contributed by atoms with E-state index in [4.69, 9.17) is 4.52 Å². The van der Waals surface area contributed by atoms with Crippen LogP contribution in [-0.4, -0.2) is 24.2 Å². The summed E-state index contributed by atoms with van der Waals surface area (Å²) in [5, 5.41) is 16.1. The number of pyridine rings is 1. The van der Waals surface area contributed by atoms with Gasteiger partial charge < -0.3 is 9.09 Å². The summed E-state index contributed by atoms with van der Waals surface area (Å²) in [5.74, 6) is 0.628. The van der Waals surface area contributed by atoms with Crippen LogP contribution in [0, 0.1) is 10.1 Å². The van der Waals surface area contributed by atoms with Gasteiger partial charge in [0.1, 0.15) is 0 Å². The van der Waals surface area contributed by atoms with Crippen molar-refractivity contribution < 1.29 is 9.45 Å². The van der Waals surface area contributed by atoms with Crippen molar-refractivity contribution in [3.05, 3.63) is 81.0 Å². The molecule has 0 aliphatic rings. The van der Waals surface area contributed by atoms with E-state index >= 15 is 0 Å². The lowest BCUT2D eigenvalue weighted by Crippen LogP contribution is -2.21. The van der Waals surface area contributed by atoms with E-state index in [-0.39, 0.29) is 28.0 Å². The number of aromatic nitrogens is 4. The number of nitro benzene ring substituents is 1. The van der Waals surface area contributed by atoms with Crippen molar-refractivity contribution in [2.75, 3.05) is 0 Å². The number of non-ortho nitro benzene ring substituents is 1. The monoisotopic (exact) mass is 443 g/mol. The Hall–Kier alpha value is -4.27. The second kappa shape index (κ2) is 7.13. The molecule has 0 N–H and O–H groups in total. The van der Waals surface area contributed by atoms with Gasteiger partial charge in [-0.2, -0.15) is 4.98 Å². The minimum Gasteiger partial charge on any atom is -0.342 e. The van der Waals surface area contributed by atoms with Gasteiger partial charge in [-0.1, -0.05) is 44.1 Å². The summed E-state index contributed by atoms with van der Waals surface area (Å²) in [7, 11) is 1.93. The topological polar surface area (TPSA) is 109 Å². The maximum Gasteiger partial charge on any atom is 0.269 e. The highest BCUT2D eigenvalue weighted by molar-refractivity contribution is 6.07. The zero-order valence-corrected chi connectivity index (χ0v) is 18.6. The summed E-state index contributed by atoms with van der Waals surface area (Å²) in [6.45, 7) is 5.85. The molecule has 0 saturated carbocycles. The van der Waals surface area contributed by atoms with Gasteiger partial charge in [0.2, 0.25) is 11.7 Å². The first-order valence-electron chi connectivity index (χ1n) is 10.4. The fraction of sp³-hybridized carbons (Fsp3) is 0.208. The number of para-hydroxylation sites is 1. The molecule has 9 heteroatoms. The van der Waals surface area contributed by atoms with Gasteiger partial charge in [0, 0.05) is 35.7 Å². The number of nitrogens with zero attached hydrogens (tertiary/aromatic N) is 5. The molecule has 0 fully saturated rings. The van der Waals surface area contributed by atoms with Crippen LogP contribution in [0.2, 0.25) is 0 Å². The highest BCUT2D eigenvalue weighted by atomic mass is 16.6. The molecule has 9 nitrogen and oxygen atoms in total. The lowest BCUT2D eigenvalue weighted by atomic mass is 9.97. The third kappa shape index (κ3) is 3.20. The van der Waals surface area contributed by atoms with Gasteiger partial charge in [0.05, 0.1) is 27.0 Å². The van der Waals surface area contributed by atoms with Crippen molar-refractivity contribution in [2.45, 2.75) is 26.2 Å². The highest BCUT2D eigenvalue weighted by Crippen LogP contribution is 2.32. The first-order valence-corrected chi connectivity index (χ1v) is 10.4. The Labute approximate surface area is 188 Å². The number of benzene rings is 2. The lowest BCUT2D eigenvalue weighted by Gasteiger charge is -2.11. The van der Waals surface area contributed by atoms with Gasteiger partial charge in [-0.15, -0.1) is 0 Å². The van der Waals surface area contributed by atoms with Gasteiger partial charge in [-0.05, 0) is 24.3 Å². The van der Waals surface area contributed by atoms with Crippen LogP contribution in [0.4, 0.5) is 5.69 Å². The minimum absolute atomic E-state index is 0.0508. The molecule has 0 radical (unpaired) electrons. The van der Waals surface area contributed by atoms with Crippen LogP contribution in [0.15, 0.2) is 63.9 Å². The lowest BCUT2D eigenvalue weighted by molar-refractivity contribution is -0.384. The van der Waals surface area contributed by atoms with Crippen molar-refractivity contribution in [3.63, 3.8) is 0 Å². The van der Waals surface area contributed by atoms with Crippen LogP contribution in [0.5, 0.6) is 0 Å². The van der Waals surface area contributed by atoms with Crippen molar-refractivity contribution in [1.82, 2.24) is 19.3 Å². The standard InChI is InChI=1S/C24H21N5O4/c1-24(2,3)23-25-21(26-33-23)17-13-19-20(16-7-5-6-8-18(16)27(19)4)28(22(17)30)14-9-11-15(12-10-14)29(31)32/h5-13H,1-4H3. The van der Waals surface area contributed by atoms with E-state index in [0.29, 0.717) is 17.1 Å². The molecule has 0 atom stereocenters.